The summed E-state index contributed by atoms with van der Waals surface area (Å²) in [5.74, 6) is -2.22. The van der Waals surface area contributed by atoms with Gasteiger partial charge < -0.3 is 10.1 Å². The molecule has 1 aromatic heterocycles. The van der Waals surface area contributed by atoms with E-state index in [-0.39, 0.29) is 50.8 Å². The number of amides is 3. The highest BCUT2D eigenvalue weighted by Crippen LogP contribution is 2.41. The van der Waals surface area contributed by atoms with Crippen LogP contribution in [0.15, 0.2) is 47.3 Å². The first kappa shape index (κ1) is 37.6. The summed E-state index contributed by atoms with van der Waals surface area (Å²) in [5.41, 5.74) is -0.462. The van der Waals surface area contributed by atoms with E-state index in [9.17, 15) is 19.2 Å². The molecule has 0 aliphatic carbocycles. The van der Waals surface area contributed by atoms with Crippen LogP contribution in [-0.2, 0) is 9.59 Å². The Kier molecular flexibility index (Phi) is 13.7. The molecule has 3 atom stereocenters. The van der Waals surface area contributed by atoms with Crippen molar-refractivity contribution >= 4 is 75.8 Å². The number of benzene rings is 2. The van der Waals surface area contributed by atoms with Crippen molar-refractivity contribution in [2.24, 2.45) is 11.8 Å². The summed E-state index contributed by atoms with van der Waals surface area (Å²) < 4.78 is 6.54. The second-order valence-electron chi connectivity index (χ2n) is 11.9. The van der Waals surface area contributed by atoms with Crippen molar-refractivity contribution in [2.75, 3.05) is 11.6 Å². The van der Waals surface area contributed by atoms with Crippen molar-refractivity contribution in [3.63, 3.8) is 0 Å². The van der Waals surface area contributed by atoms with Crippen molar-refractivity contribution in [1.29, 1.82) is 0 Å². The Labute approximate surface area is 300 Å². The second-order valence-corrected chi connectivity index (χ2v) is 13.9. The fraction of sp³-hybridized carbons (Fsp3) is 0.471. The van der Waals surface area contributed by atoms with Gasteiger partial charge in [0, 0.05) is 23.4 Å². The smallest absolute Gasteiger partial charge is 0.400 e. The molecule has 3 aromatic rings. The second kappa shape index (κ2) is 17.5. The molecule has 260 valence electrons. The van der Waals surface area contributed by atoms with E-state index in [1.54, 1.807) is 37.3 Å². The molecule has 3 amide bonds. The van der Waals surface area contributed by atoms with Crippen LogP contribution >= 0.6 is 46.4 Å². The van der Waals surface area contributed by atoms with Gasteiger partial charge in [-0.15, -0.1) is 11.6 Å². The molecule has 0 spiro atoms. The van der Waals surface area contributed by atoms with Gasteiger partial charge in [0.2, 0.25) is 11.7 Å². The van der Waals surface area contributed by atoms with Gasteiger partial charge in [0.1, 0.15) is 5.69 Å². The minimum absolute atomic E-state index is 0.0231. The van der Waals surface area contributed by atoms with Crippen molar-refractivity contribution in [3.05, 3.63) is 67.9 Å². The molecule has 2 N–H and O–H groups in total. The van der Waals surface area contributed by atoms with Crippen molar-refractivity contribution in [2.45, 2.75) is 83.9 Å². The van der Waals surface area contributed by atoms with E-state index >= 15 is 0 Å². The Morgan fingerprint density at radius 1 is 1.00 bits per heavy atom. The van der Waals surface area contributed by atoms with E-state index < -0.39 is 35.1 Å². The Morgan fingerprint density at radius 3 is 2.29 bits per heavy atom. The van der Waals surface area contributed by atoms with Gasteiger partial charge in [0.05, 0.1) is 21.7 Å². The molecule has 0 bridgehead atoms. The monoisotopic (exact) mass is 739 g/mol. The first-order valence-electron chi connectivity index (χ1n) is 16.3. The fourth-order valence-corrected chi connectivity index (χ4v) is 7.07. The summed E-state index contributed by atoms with van der Waals surface area (Å²) in [6.07, 6.45) is 6.59. The number of rotatable bonds is 16. The highest BCUT2D eigenvalue weighted by Gasteiger charge is 2.47. The first-order valence-corrected chi connectivity index (χ1v) is 17.9. The summed E-state index contributed by atoms with van der Waals surface area (Å²) in [6, 6.07) is 11.4. The van der Waals surface area contributed by atoms with Gasteiger partial charge in [-0.25, -0.2) is 14.5 Å². The summed E-state index contributed by atoms with van der Waals surface area (Å²) in [7, 11) is 0. The molecule has 0 saturated carbocycles. The molecule has 1 saturated heterocycles. The summed E-state index contributed by atoms with van der Waals surface area (Å²) >= 11 is 25.5. The van der Waals surface area contributed by atoms with Crippen LogP contribution in [0.25, 0.3) is 5.69 Å². The van der Waals surface area contributed by atoms with E-state index in [0.717, 1.165) is 48.2 Å². The molecule has 0 radical (unpaired) electrons. The molecular weight excluding hydrogens is 700 g/mol. The molecule has 2 aromatic carbocycles. The molecule has 48 heavy (non-hydrogen) atoms. The average molecular weight is 742 g/mol. The maximum atomic E-state index is 14.4. The van der Waals surface area contributed by atoms with Crippen LogP contribution in [0.5, 0.6) is 5.75 Å². The number of ether oxygens (including phenoxy) is 1. The third kappa shape index (κ3) is 8.88. The van der Waals surface area contributed by atoms with Gasteiger partial charge in [-0.2, -0.15) is 5.01 Å². The van der Waals surface area contributed by atoms with Gasteiger partial charge in [-0.1, -0.05) is 92.0 Å². The molecule has 14 heteroatoms. The lowest BCUT2D eigenvalue weighted by atomic mass is 9.82. The van der Waals surface area contributed by atoms with Crippen LogP contribution in [0.2, 0.25) is 15.1 Å². The Balaban J connectivity index is 1.84. The van der Waals surface area contributed by atoms with Crippen LogP contribution < -0.4 is 20.6 Å². The Bertz CT molecular complexity index is 1620. The third-order valence-corrected chi connectivity index (χ3v) is 9.32. The fourth-order valence-electron chi connectivity index (χ4n) is 5.96. The van der Waals surface area contributed by atoms with Crippen LogP contribution in [0.4, 0.5) is 16.3 Å². The number of unbranched alkanes of at least 4 members (excludes halogenated alkanes) is 4. The van der Waals surface area contributed by atoms with Crippen molar-refractivity contribution in [1.82, 2.24) is 20.1 Å². The summed E-state index contributed by atoms with van der Waals surface area (Å²) in [5, 5.41) is 7.94. The predicted molar refractivity (Wildman–Crippen MR) is 191 cm³/mol. The number of aromatic nitrogens is 2. The number of imide groups is 1. The van der Waals surface area contributed by atoms with Crippen molar-refractivity contribution < 1.29 is 19.1 Å². The number of carbonyl (C=O) groups is 3. The van der Waals surface area contributed by atoms with Crippen molar-refractivity contribution in [3.8, 4) is 11.4 Å². The topological polar surface area (TPSA) is 117 Å². The highest BCUT2D eigenvalue weighted by atomic mass is 35.5. The number of nitrogens with zero attached hydrogens (tertiary/aromatic N) is 3. The molecule has 1 aliphatic rings. The Morgan fingerprint density at radius 2 is 1.67 bits per heavy atom. The number of anilines is 2. The zero-order valence-electron chi connectivity index (χ0n) is 27.2. The average Bonchev–Trinajstić information content (AvgIpc) is 3.49. The van der Waals surface area contributed by atoms with Gasteiger partial charge in [0.15, 0.2) is 5.82 Å². The molecular formula is C34H41Cl4N5O5. The quantitative estimate of drug-likeness (QED) is 0.0860. The van der Waals surface area contributed by atoms with Gasteiger partial charge in [-0.05, 0) is 63.3 Å². The Hall–Kier alpha value is -3.18. The minimum atomic E-state index is -0.918. The van der Waals surface area contributed by atoms with Gasteiger partial charge in [0.25, 0.3) is 5.91 Å². The number of aromatic amines is 1. The number of nitrogens with one attached hydrogen (secondary N) is 2. The zero-order chi connectivity index (χ0) is 35.0. The summed E-state index contributed by atoms with van der Waals surface area (Å²) in [6.45, 7) is 5.98. The van der Waals surface area contributed by atoms with E-state index in [1.807, 2.05) is 6.92 Å². The molecule has 4 rings (SSSR count). The van der Waals surface area contributed by atoms with E-state index in [2.05, 4.69) is 17.3 Å². The van der Waals surface area contributed by atoms with E-state index in [0.29, 0.717) is 18.5 Å². The van der Waals surface area contributed by atoms with Gasteiger partial charge >= 0.3 is 11.7 Å². The normalized spacial score (nSPS) is 15.9. The number of halogens is 4. The number of hydrogen-bond donors (Lipinski definition) is 2. The number of carbonyl (C=O) groups excluding carboxylic acids is 3. The SMILES string of the molecule is CCCCCCCC(CCC(C)Cl)C1CC(=O)N(N(c2ccccc2)c2[nH]n(-c3c(Cl)cc(Cl)cc3Cl)c(=O)c2OC(=O)NCC)C1=O. The highest BCUT2D eigenvalue weighted by molar-refractivity contribution is 6.40. The van der Waals surface area contributed by atoms with E-state index in [1.165, 1.54) is 17.1 Å². The molecule has 2 heterocycles. The van der Waals surface area contributed by atoms with E-state index in [4.69, 9.17) is 51.1 Å². The maximum absolute atomic E-state index is 14.4. The first-order chi connectivity index (χ1) is 23.0. The minimum Gasteiger partial charge on any atom is -0.400 e. The van der Waals surface area contributed by atoms with Crippen LogP contribution in [-0.4, -0.2) is 44.6 Å². The number of hydrogen-bond acceptors (Lipinski definition) is 6. The number of para-hydroxylation sites is 1. The lowest BCUT2D eigenvalue weighted by molar-refractivity contribution is -0.140. The van der Waals surface area contributed by atoms with Crippen LogP contribution in [0.3, 0.4) is 0 Å². The molecule has 1 aliphatic heterocycles. The largest absolute Gasteiger partial charge is 0.412 e. The number of H-pyrrole nitrogens is 1. The summed E-state index contributed by atoms with van der Waals surface area (Å²) in [4.78, 5) is 55.1. The lowest BCUT2D eigenvalue weighted by Crippen LogP contribution is -2.45. The maximum Gasteiger partial charge on any atom is 0.412 e. The lowest BCUT2D eigenvalue weighted by Gasteiger charge is -2.32. The zero-order valence-corrected chi connectivity index (χ0v) is 30.3. The van der Waals surface area contributed by atoms with Crippen LogP contribution in [0.1, 0.15) is 78.6 Å². The standard InChI is InChI=1S/C34H41Cl4N5O5/c1-4-6-7-8-10-13-22(17-16-21(3)35)25-20-28(44)43(32(25)45)42(24-14-11-9-12-15-24)31-30(48-34(47)39-5-2)33(46)41(40-31)29-26(37)18-23(36)19-27(29)38/h9,11-12,14-15,18-19,21-22,25,40H,4-8,10,13,16-17,20H2,1-3H3,(H,39,47). The molecule has 10 nitrogen and oxygen atoms in total. The third-order valence-electron chi connectivity index (χ3n) is 8.30. The molecule has 1 fully saturated rings. The molecule has 3 unspecified atom stereocenters. The predicted octanol–water partition coefficient (Wildman–Crippen LogP) is 9.05. The van der Waals surface area contributed by atoms with Crippen LogP contribution in [0, 0.1) is 11.8 Å². The number of alkyl halides is 1. The van der Waals surface area contributed by atoms with Gasteiger partial charge in [-0.3, -0.25) is 19.5 Å². The number of hydrazine groups is 1.